The van der Waals surface area contributed by atoms with Crippen molar-refractivity contribution in [3.05, 3.63) is 0 Å². The molecular formula is C6H18O12. The van der Waals surface area contributed by atoms with Crippen LogP contribution >= 0.6 is 0 Å². The average molecular weight is 282 g/mol. The second-order valence-electron chi connectivity index (χ2n) is 2.55. The van der Waals surface area contributed by atoms with Crippen LogP contribution in [0.1, 0.15) is 0 Å². The number of carboxylic acid groups (broad SMARTS) is 2. The minimum atomic E-state index is -2.36. The number of aliphatic carboxylic acids is 2. The second-order valence-corrected chi connectivity index (χ2v) is 2.55. The van der Waals surface area contributed by atoms with Crippen molar-refractivity contribution < 1.29 is 62.1 Å². The van der Waals surface area contributed by atoms with Gasteiger partial charge < -0.3 is 52.5 Å². The van der Waals surface area contributed by atoms with E-state index in [9.17, 15) is 9.59 Å². The molecule has 0 aliphatic rings. The summed E-state index contributed by atoms with van der Waals surface area (Å²) in [4.78, 5) is 20.2. The Bertz CT molecular complexity index is 205. The number of carbonyl (C=O) groups is 2. The van der Waals surface area contributed by atoms with E-state index in [-0.39, 0.29) is 21.9 Å². The summed E-state index contributed by atoms with van der Waals surface area (Å²) in [7, 11) is 0. The third kappa shape index (κ3) is 7.82. The first-order valence-corrected chi connectivity index (χ1v) is 3.47. The van der Waals surface area contributed by atoms with E-state index in [4.69, 9.17) is 30.6 Å². The van der Waals surface area contributed by atoms with Gasteiger partial charge in [0.1, 0.15) is 12.2 Å². The van der Waals surface area contributed by atoms with E-state index in [1.807, 2.05) is 0 Å². The lowest BCUT2D eigenvalue weighted by molar-refractivity contribution is -0.172. The maximum atomic E-state index is 10.1. The molecule has 0 aromatic rings. The van der Waals surface area contributed by atoms with E-state index in [0.29, 0.717) is 0 Å². The molecule has 0 fully saturated rings. The highest BCUT2D eigenvalue weighted by atomic mass is 16.4. The normalized spacial score (nSPS) is 15.1. The Morgan fingerprint density at radius 1 is 0.611 bits per heavy atom. The third-order valence-electron chi connectivity index (χ3n) is 1.50. The quantitative estimate of drug-likeness (QED) is 0.281. The van der Waals surface area contributed by atoms with Crippen LogP contribution in [0.3, 0.4) is 0 Å². The van der Waals surface area contributed by atoms with E-state index >= 15 is 0 Å². The second kappa shape index (κ2) is 12.1. The number of carboxylic acids is 2. The molecule has 0 aromatic carbocycles. The van der Waals surface area contributed by atoms with Crippen molar-refractivity contribution in [1.82, 2.24) is 0 Å². The Kier molecular flexibility index (Phi) is 20.2. The maximum absolute atomic E-state index is 10.1. The van der Waals surface area contributed by atoms with Gasteiger partial charge in [0.05, 0.1) is 0 Å². The fourth-order valence-electron chi connectivity index (χ4n) is 0.666. The Morgan fingerprint density at radius 2 is 0.778 bits per heavy atom. The maximum Gasteiger partial charge on any atom is 0.335 e. The van der Waals surface area contributed by atoms with Crippen molar-refractivity contribution in [2.45, 2.75) is 24.4 Å². The minimum Gasteiger partial charge on any atom is -0.479 e. The Hall–Kier alpha value is -1.38. The highest BCUT2D eigenvalue weighted by molar-refractivity contribution is 5.75. The molecule has 0 aliphatic heterocycles. The van der Waals surface area contributed by atoms with Crippen molar-refractivity contribution in [3.8, 4) is 0 Å². The highest BCUT2D eigenvalue weighted by Crippen LogP contribution is 2.05. The molecule has 0 spiro atoms. The summed E-state index contributed by atoms with van der Waals surface area (Å²) in [6.45, 7) is 0. The standard InChI is InChI=1S/C6H10O8.4H2O/c7-1(3(9)5(11)12)2(8)4(10)6(13)14;;;;/h1-4,7-10H,(H,11,12)(H,13,14);4*1H2/t1-,2-,3-,4+;;;;/m0..../s1. The van der Waals surface area contributed by atoms with Crippen molar-refractivity contribution in [2.24, 2.45) is 0 Å². The monoisotopic (exact) mass is 282 g/mol. The predicted octanol–water partition coefficient (Wildman–Crippen LogP) is -6.70. The molecule has 12 heteroatoms. The van der Waals surface area contributed by atoms with Crippen LogP contribution in [0.15, 0.2) is 0 Å². The fourth-order valence-corrected chi connectivity index (χ4v) is 0.666. The summed E-state index contributed by atoms with van der Waals surface area (Å²) in [6, 6.07) is 0. The average Bonchev–Trinajstić information content (AvgIpc) is 2.12. The van der Waals surface area contributed by atoms with Gasteiger partial charge in [0.25, 0.3) is 0 Å². The molecule has 0 heterocycles. The van der Waals surface area contributed by atoms with Crippen LogP contribution in [0.25, 0.3) is 0 Å². The summed E-state index contributed by atoms with van der Waals surface area (Å²) in [5.41, 5.74) is 0. The number of aliphatic hydroxyl groups is 4. The molecule has 0 saturated heterocycles. The summed E-state index contributed by atoms with van der Waals surface area (Å²) >= 11 is 0. The van der Waals surface area contributed by atoms with Crippen molar-refractivity contribution in [1.29, 1.82) is 0 Å². The van der Waals surface area contributed by atoms with Gasteiger partial charge >= 0.3 is 11.9 Å². The molecule has 18 heavy (non-hydrogen) atoms. The predicted molar refractivity (Wildman–Crippen MR) is 53.8 cm³/mol. The molecule has 0 saturated carbocycles. The Morgan fingerprint density at radius 3 is 0.889 bits per heavy atom. The molecule has 0 rings (SSSR count). The molecule has 0 aromatic heterocycles. The number of hydrogen-bond acceptors (Lipinski definition) is 6. The number of hydrogen-bond donors (Lipinski definition) is 6. The molecule has 0 radical (unpaired) electrons. The summed E-state index contributed by atoms with van der Waals surface area (Å²) in [5, 5.41) is 51.5. The largest absolute Gasteiger partial charge is 0.479 e. The van der Waals surface area contributed by atoms with Crippen LogP contribution in [-0.2, 0) is 9.59 Å². The van der Waals surface area contributed by atoms with E-state index in [0.717, 1.165) is 0 Å². The lowest BCUT2D eigenvalue weighted by Crippen LogP contribution is -2.49. The first-order valence-electron chi connectivity index (χ1n) is 3.47. The van der Waals surface area contributed by atoms with E-state index < -0.39 is 36.4 Å². The Balaban J connectivity index is -0.000000141. The van der Waals surface area contributed by atoms with Gasteiger partial charge in [0.2, 0.25) is 0 Å². The van der Waals surface area contributed by atoms with Gasteiger partial charge in [-0.15, -0.1) is 0 Å². The van der Waals surface area contributed by atoms with Crippen molar-refractivity contribution >= 4 is 11.9 Å². The van der Waals surface area contributed by atoms with Crippen LogP contribution in [0.5, 0.6) is 0 Å². The van der Waals surface area contributed by atoms with Crippen molar-refractivity contribution in [2.75, 3.05) is 0 Å². The summed E-state index contributed by atoms with van der Waals surface area (Å²) in [6.07, 6.45) is -9.28. The van der Waals surface area contributed by atoms with Crippen molar-refractivity contribution in [3.63, 3.8) is 0 Å². The van der Waals surface area contributed by atoms with Gasteiger partial charge in [-0.2, -0.15) is 0 Å². The van der Waals surface area contributed by atoms with Crippen LogP contribution in [0, 0.1) is 0 Å². The van der Waals surface area contributed by atoms with E-state index in [1.54, 1.807) is 0 Å². The summed E-state index contributed by atoms with van der Waals surface area (Å²) in [5.74, 6) is -3.68. The van der Waals surface area contributed by atoms with Crippen LogP contribution < -0.4 is 0 Å². The minimum absolute atomic E-state index is 0. The third-order valence-corrected chi connectivity index (χ3v) is 1.50. The lowest BCUT2D eigenvalue weighted by Gasteiger charge is -2.21. The van der Waals surface area contributed by atoms with Gasteiger partial charge in [0.15, 0.2) is 12.2 Å². The molecule has 0 bridgehead atoms. The molecule has 114 valence electrons. The lowest BCUT2D eigenvalue weighted by atomic mass is 10.0. The zero-order valence-electron chi connectivity index (χ0n) is 8.81. The van der Waals surface area contributed by atoms with Crippen LogP contribution in [0.4, 0.5) is 0 Å². The smallest absolute Gasteiger partial charge is 0.335 e. The van der Waals surface area contributed by atoms with Gasteiger partial charge in [-0.1, -0.05) is 0 Å². The highest BCUT2D eigenvalue weighted by Gasteiger charge is 2.37. The van der Waals surface area contributed by atoms with Crippen LogP contribution in [-0.4, -0.2) is 88.9 Å². The van der Waals surface area contributed by atoms with Crippen LogP contribution in [0.2, 0.25) is 0 Å². The zero-order chi connectivity index (χ0) is 11.5. The fraction of sp³-hybridized carbons (Fsp3) is 0.667. The molecule has 4 atom stereocenters. The van der Waals surface area contributed by atoms with Gasteiger partial charge in [-0.3, -0.25) is 0 Å². The molecule has 0 aliphatic carbocycles. The zero-order valence-corrected chi connectivity index (χ0v) is 8.81. The molecule has 14 N–H and O–H groups in total. The number of rotatable bonds is 5. The van der Waals surface area contributed by atoms with E-state index in [2.05, 4.69) is 0 Å². The molecular weight excluding hydrogens is 264 g/mol. The SMILES string of the molecule is O.O.O.O.O=C(O)[C@@H](O)[C@@H](O)[C@H](O)[C@@H](O)C(=O)O. The topological polar surface area (TPSA) is 282 Å². The summed E-state index contributed by atoms with van der Waals surface area (Å²) < 4.78 is 0. The number of aliphatic hydroxyl groups excluding tert-OH is 4. The van der Waals surface area contributed by atoms with Gasteiger partial charge in [-0.05, 0) is 0 Å². The van der Waals surface area contributed by atoms with Gasteiger partial charge in [0, 0.05) is 0 Å². The first-order chi connectivity index (χ1) is 6.29. The van der Waals surface area contributed by atoms with Gasteiger partial charge in [-0.25, -0.2) is 9.59 Å². The first kappa shape index (κ1) is 30.0. The van der Waals surface area contributed by atoms with E-state index in [1.165, 1.54) is 0 Å². The molecule has 12 nitrogen and oxygen atoms in total. The molecule has 0 amide bonds. The Labute approximate surface area is 99.6 Å². The molecule has 0 unspecified atom stereocenters.